The molecule has 0 fully saturated rings. The van der Waals surface area contributed by atoms with Crippen molar-refractivity contribution in [2.75, 3.05) is 0 Å². The van der Waals surface area contributed by atoms with Gasteiger partial charge in [0.1, 0.15) is 0 Å². The van der Waals surface area contributed by atoms with Gasteiger partial charge in [0.2, 0.25) is 0 Å². The van der Waals surface area contributed by atoms with Crippen molar-refractivity contribution in [3.8, 4) is 44.5 Å². The molecule has 8 aromatic rings. The Hall–Kier alpha value is -3.78. The first-order valence-corrected chi connectivity index (χ1v) is 28.1. The Morgan fingerprint density at radius 1 is 0.464 bits per heavy atom. The number of rotatable bonds is 10. The van der Waals surface area contributed by atoms with Crippen molar-refractivity contribution < 1.29 is 20.8 Å². The van der Waals surface area contributed by atoms with E-state index in [0.29, 0.717) is 0 Å². The van der Waals surface area contributed by atoms with Crippen LogP contribution in [0.2, 0.25) is 13.1 Å². The van der Waals surface area contributed by atoms with Crippen LogP contribution in [0.1, 0.15) is 50.7 Å². The molecular formula is C52H52Cl2SiZr. The molecule has 0 nitrogen and oxygen atoms in total. The van der Waals surface area contributed by atoms with E-state index in [1.165, 1.54) is 103 Å². The summed E-state index contributed by atoms with van der Waals surface area (Å²) in [7, 11) is 11.0. The van der Waals surface area contributed by atoms with Gasteiger partial charge in [0.15, 0.2) is 0 Å². The Bertz CT molecular complexity index is 2140. The molecule has 0 saturated carbocycles. The maximum atomic E-state index is 4.93. The Morgan fingerprint density at radius 3 is 1.07 bits per heavy atom. The Labute approximate surface area is 357 Å². The topological polar surface area (TPSA) is 0 Å². The van der Waals surface area contributed by atoms with Crippen LogP contribution in [-0.4, -0.2) is 9.52 Å². The molecule has 0 amide bonds. The molecule has 2 radical (unpaired) electrons. The van der Waals surface area contributed by atoms with Crippen LogP contribution in [0.3, 0.4) is 0 Å². The molecule has 0 spiro atoms. The van der Waals surface area contributed by atoms with Crippen LogP contribution >= 0.6 is 17.0 Å². The van der Waals surface area contributed by atoms with Gasteiger partial charge >= 0.3 is 37.9 Å². The van der Waals surface area contributed by atoms with Crippen LogP contribution in [0.15, 0.2) is 170 Å². The van der Waals surface area contributed by atoms with Gasteiger partial charge in [-0.15, -0.1) is 69.1 Å². The molecule has 56 heavy (non-hydrogen) atoms. The second kappa shape index (κ2) is 23.5. The summed E-state index contributed by atoms with van der Waals surface area (Å²) in [5, 5.41) is 5.41. The fourth-order valence-electron chi connectivity index (χ4n) is 7.29. The fourth-order valence-corrected chi connectivity index (χ4v) is 7.29. The predicted octanol–water partition coefficient (Wildman–Crippen LogP) is 16.6. The third kappa shape index (κ3) is 11.6. The SMILES string of the molecule is CCCCc1ccc2[cH-]c(-c3ccccc3)cc2c1-c1ccccc1.CCCCc1ccc2[cH-]c(-c3ccccc3)cc2c1-c1ccccc1.C[Si]C.[Cl][Zr+2][Cl]. The Balaban J connectivity index is 0.000000188. The van der Waals surface area contributed by atoms with Gasteiger partial charge in [0, 0.05) is 9.52 Å². The summed E-state index contributed by atoms with van der Waals surface area (Å²) in [6.45, 7) is 8.83. The number of benzene rings is 6. The van der Waals surface area contributed by atoms with E-state index in [2.05, 4.69) is 197 Å². The van der Waals surface area contributed by atoms with E-state index in [0.717, 1.165) is 22.4 Å². The predicted molar refractivity (Wildman–Crippen MR) is 247 cm³/mol. The summed E-state index contributed by atoms with van der Waals surface area (Å²) in [5.74, 6) is 0. The minimum absolute atomic E-state index is 0.826. The molecule has 0 aromatic heterocycles. The molecule has 0 atom stereocenters. The third-order valence-corrected chi connectivity index (χ3v) is 9.89. The van der Waals surface area contributed by atoms with E-state index in [1.807, 2.05) is 0 Å². The zero-order valence-electron chi connectivity index (χ0n) is 33.2. The minimum atomic E-state index is -0.826. The second-order valence-corrected chi connectivity index (χ2v) is 18.7. The van der Waals surface area contributed by atoms with Crippen molar-refractivity contribution in [2.45, 2.75) is 65.5 Å². The average molecular weight is 867 g/mol. The molecule has 0 N–H and O–H groups in total. The van der Waals surface area contributed by atoms with Gasteiger partial charge in [-0.3, -0.25) is 0 Å². The normalized spacial score (nSPS) is 10.4. The van der Waals surface area contributed by atoms with Crippen molar-refractivity contribution in [3.63, 3.8) is 0 Å². The summed E-state index contributed by atoms with van der Waals surface area (Å²) < 4.78 is 0. The first-order valence-electron chi connectivity index (χ1n) is 19.8. The number of hydrogen-bond donors (Lipinski definition) is 0. The monoisotopic (exact) mass is 864 g/mol. The van der Waals surface area contributed by atoms with E-state index in [4.69, 9.17) is 17.0 Å². The maximum absolute atomic E-state index is 4.93. The molecule has 4 heteroatoms. The summed E-state index contributed by atoms with van der Waals surface area (Å²) in [4.78, 5) is 0. The molecule has 0 aliphatic rings. The van der Waals surface area contributed by atoms with Crippen molar-refractivity contribution in [1.29, 1.82) is 0 Å². The fraction of sp³-hybridized carbons (Fsp3) is 0.192. The van der Waals surface area contributed by atoms with Gasteiger partial charge in [-0.25, -0.2) is 0 Å². The van der Waals surface area contributed by atoms with E-state index in [9.17, 15) is 0 Å². The van der Waals surface area contributed by atoms with Crippen LogP contribution in [0, 0.1) is 0 Å². The van der Waals surface area contributed by atoms with E-state index in [1.54, 1.807) is 0 Å². The van der Waals surface area contributed by atoms with Crippen LogP contribution in [0.25, 0.3) is 66.1 Å². The second-order valence-electron chi connectivity index (χ2n) is 13.9. The summed E-state index contributed by atoms with van der Waals surface area (Å²) >= 11 is -0.826. The van der Waals surface area contributed by atoms with Crippen LogP contribution < -0.4 is 0 Å². The first-order chi connectivity index (χ1) is 27.6. The van der Waals surface area contributed by atoms with E-state index >= 15 is 0 Å². The number of fused-ring (bicyclic) bond motifs is 2. The standard InChI is InChI=1S/2C25H23.C2H6Si.2ClH.Zr/c2*1-2-3-10-21-15-16-22-17-23(19-11-6-4-7-12-19)18-24(22)25(21)20-13-8-5-9-14-20;1-3-2;;;/h2*4-9,11-18H,2-3,10H2,1H3;1-2H3;2*1H;/q2*-1;;;;+4/p-2. The van der Waals surface area contributed by atoms with Gasteiger partial charge in [0.25, 0.3) is 0 Å². The molecule has 0 aliphatic carbocycles. The zero-order chi connectivity index (χ0) is 39.5. The van der Waals surface area contributed by atoms with Crippen LogP contribution in [-0.2, 0) is 33.7 Å². The van der Waals surface area contributed by atoms with Gasteiger partial charge in [-0.1, -0.05) is 195 Å². The molecule has 0 heterocycles. The van der Waals surface area contributed by atoms with Crippen LogP contribution in [0.4, 0.5) is 0 Å². The van der Waals surface area contributed by atoms with Gasteiger partial charge in [-0.2, -0.15) is 0 Å². The molecule has 0 saturated heterocycles. The quantitative estimate of drug-likeness (QED) is 0.0949. The molecule has 0 bridgehead atoms. The zero-order valence-corrected chi connectivity index (χ0v) is 38.1. The van der Waals surface area contributed by atoms with E-state index in [-0.39, 0.29) is 0 Å². The van der Waals surface area contributed by atoms with Gasteiger partial charge < -0.3 is 0 Å². The van der Waals surface area contributed by atoms with Crippen molar-refractivity contribution in [1.82, 2.24) is 0 Å². The summed E-state index contributed by atoms with van der Waals surface area (Å²) in [6.07, 6.45) is 7.20. The van der Waals surface area contributed by atoms with Crippen molar-refractivity contribution >= 4 is 48.1 Å². The van der Waals surface area contributed by atoms with Gasteiger partial charge in [0.05, 0.1) is 0 Å². The molecule has 282 valence electrons. The number of unbranched alkanes of at least 4 members (excludes halogenated alkanes) is 2. The number of aryl methyl sites for hydroxylation is 2. The summed E-state index contributed by atoms with van der Waals surface area (Å²) in [6, 6.07) is 61.6. The Morgan fingerprint density at radius 2 is 0.768 bits per heavy atom. The average Bonchev–Trinajstić information content (AvgIpc) is 3.89. The van der Waals surface area contributed by atoms with Crippen LogP contribution in [0.5, 0.6) is 0 Å². The van der Waals surface area contributed by atoms with Crippen molar-refractivity contribution in [3.05, 3.63) is 181 Å². The first kappa shape index (κ1) is 43.3. The molecule has 0 aliphatic heterocycles. The molecule has 0 unspecified atom stereocenters. The number of halogens is 2. The van der Waals surface area contributed by atoms with Gasteiger partial charge in [-0.05, 0) is 47.9 Å². The molecule has 8 aromatic carbocycles. The number of hydrogen-bond acceptors (Lipinski definition) is 0. The summed E-state index contributed by atoms with van der Waals surface area (Å²) in [5.41, 5.74) is 13.6. The Kier molecular flexibility index (Phi) is 18.2. The van der Waals surface area contributed by atoms with Crippen molar-refractivity contribution in [2.24, 2.45) is 0 Å². The molecular weight excluding hydrogens is 815 g/mol. The van der Waals surface area contributed by atoms with E-state index < -0.39 is 20.8 Å². The third-order valence-electron chi connectivity index (χ3n) is 9.89. The molecule has 8 rings (SSSR count).